The van der Waals surface area contributed by atoms with Crippen LogP contribution in [0.3, 0.4) is 0 Å². The van der Waals surface area contributed by atoms with Crippen LogP contribution < -0.4 is 10.9 Å². The lowest BCUT2D eigenvalue weighted by Crippen LogP contribution is -2.48. The highest BCUT2D eigenvalue weighted by molar-refractivity contribution is 5.88. The highest BCUT2D eigenvalue weighted by Gasteiger charge is 2.31. The summed E-state index contributed by atoms with van der Waals surface area (Å²) in [5, 5.41) is 8.88. The fourth-order valence-electron chi connectivity index (χ4n) is 3.56. The van der Waals surface area contributed by atoms with Gasteiger partial charge in [0.15, 0.2) is 0 Å². The second kappa shape index (κ2) is 6.38. The monoisotopic (exact) mass is 327 g/mol. The number of carbonyl (C=O) groups is 1. The van der Waals surface area contributed by atoms with Gasteiger partial charge in [0.05, 0.1) is 17.5 Å². The van der Waals surface area contributed by atoms with E-state index < -0.39 is 0 Å². The van der Waals surface area contributed by atoms with E-state index in [9.17, 15) is 9.59 Å². The second-order valence-corrected chi connectivity index (χ2v) is 7.39. The molecule has 0 radical (unpaired) electrons. The Bertz CT molecular complexity index is 817. The van der Waals surface area contributed by atoms with Gasteiger partial charge in [0.2, 0.25) is 5.91 Å². The maximum absolute atomic E-state index is 12.6. The van der Waals surface area contributed by atoms with E-state index in [4.69, 9.17) is 0 Å². The van der Waals surface area contributed by atoms with Crippen molar-refractivity contribution in [3.05, 3.63) is 40.3 Å². The molecule has 1 saturated carbocycles. The Morgan fingerprint density at radius 1 is 1.29 bits per heavy atom. The molecule has 5 nitrogen and oxygen atoms in total. The minimum absolute atomic E-state index is 0.0247. The van der Waals surface area contributed by atoms with E-state index in [1.54, 1.807) is 13.1 Å². The first kappa shape index (κ1) is 16.7. The number of carbonyl (C=O) groups excluding carboxylic acids is 1. The lowest BCUT2D eigenvalue weighted by atomic mass is 9.78. The fourth-order valence-corrected chi connectivity index (χ4v) is 3.56. The zero-order valence-corrected chi connectivity index (χ0v) is 14.6. The van der Waals surface area contributed by atoms with Gasteiger partial charge < -0.3 is 5.32 Å². The van der Waals surface area contributed by atoms with Gasteiger partial charge in [0.25, 0.3) is 5.56 Å². The van der Waals surface area contributed by atoms with E-state index >= 15 is 0 Å². The summed E-state index contributed by atoms with van der Waals surface area (Å²) in [6, 6.07) is 7.34. The van der Waals surface area contributed by atoms with Crippen LogP contribution in [0, 0.1) is 5.92 Å². The zero-order chi connectivity index (χ0) is 17.3. The topological polar surface area (TPSA) is 64.0 Å². The minimum atomic E-state index is -0.136. The third-order valence-corrected chi connectivity index (χ3v) is 5.18. The van der Waals surface area contributed by atoms with Crippen molar-refractivity contribution in [2.24, 2.45) is 13.0 Å². The molecular weight excluding hydrogens is 302 g/mol. The summed E-state index contributed by atoms with van der Waals surface area (Å²) in [6.07, 6.45) is 4.53. The third kappa shape index (κ3) is 3.35. The molecule has 1 heterocycles. The van der Waals surface area contributed by atoms with Crippen LogP contribution in [0.2, 0.25) is 0 Å². The van der Waals surface area contributed by atoms with Crippen LogP contribution in [-0.2, 0) is 18.3 Å². The number of aryl methyl sites for hydroxylation is 1. The van der Waals surface area contributed by atoms with Crippen LogP contribution in [0.25, 0.3) is 10.8 Å². The molecule has 1 N–H and O–H groups in total. The van der Waals surface area contributed by atoms with Crippen LogP contribution in [0.15, 0.2) is 29.1 Å². The van der Waals surface area contributed by atoms with E-state index in [1.165, 1.54) is 4.68 Å². The van der Waals surface area contributed by atoms with Crippen molar-refractivity contribution in [1.82, 2.24) is 15.1 Å². The van der Waals surface area contributed by atoms with Gasteiger partial charge in [0.1, 0.15) is 0 Å². The van der Waals surface area contributed by atoms with E-state index in [0.717, 1.165) is 37.0 Å². The minimum Gasteiger partial charge on any atom is -0.351 e. The number of benzene rings is 1. The molecule has 128 valence electrons. The number of hydrogen-bond donors (Lipinski definition) is 1. The van der Waals surface area contributed by atoms with Crippen LogP contribution in [-0.4, -0.2) is 21.2 Å². The van der Waals surface area contributed by atoms with Crippen molar-refractivity contribution in [1.29, 1.82) is 0 Å². The molecule has 0 aliphatic heterocycles. The number of fused-ring (bicyclic) bond motifs is 1. The highest BCUT2D eigenvalue weighted by Crippen LogP contribution is 2.31. The number of hydrogen-bond acceptors (Lipinski definition) is 3. The number of aromatic nitrogens is 2. The summed E-state index contributed by atoms with van der Waals surface area (Å²) in [6.45, 7) is 4.39. The molecule has 1 amide bonds. The first-order valence-electron chi connectivity index (χ1n) is 8.64. The van der Waals surface area contributed by atoms with Crippen molar-refractivity contribution < 1.29 is 4.79 Å². The summed E-state index contributed by atoms with van der Waals surface area (Å²) < 4.78 is 1.31. The molecule has 0 spiro atoms. The highest BCUT2D eigenvalue weighted by atomic mass is 16.2. The van der Waals surface area contributed by atoms with Gasteiger partial charge in [-0.25, -0.2) is 4.68 Å². The number of amides is 1. The number of rotatable bonds is 3. The standard InChI is InChI=1S/C19H25N3O2/c1-13-8-10-19(2,11-9-13)20-17(23)12-16-14-6-4-5-7-15(14)18(24)22(3)21-16/h4-7,13H,8-12H2,1-3H3,(H,20,23). The average molecular weight is 327 g/mol. The van der Waals surface area contributed by atoms with Crippen molar-refractivity contribution >= 4 is 16.7 Å². The van der Waals surface area contributed by atoms with E-state index in [0.29, 0.717) is 11.1 Å². The summed E-state index contributed by atoms with van der Waals surface area (Å²) in [5.74, 6) is 0.715. The lowest BCUT2D eigenvalue weighted by Gasteiger charge is -2.37. The summed E-state index contributed by atoms with van der Waals surface area (Å²) in [4.78, 5) is 24.7. The van der Waals surface area contributed by atoms with E-state index in [-0.39, 0.29) is 23.4 Å². The summed E-state index contributed by atoms with van der Waals surface area (Å²) in [7, 11) is 1.63. The largest absolute Gasteiger partial charge is 0.351 e. The van der Waals surface area contributed by atoms with Crippen LogP contribution >= 0.6 is 0 Å². The maximum Gasteiger partial charge on any atom is 0.274 e. The van der Waals surface area contributed by atoms with Crippen molar-refractivity contribution in [3.63, 3.8) is 0 Å². The van der Waals surface area contributed by atoms with Gasteiger partial charge in [0, 0.05) is 18.0 Å². The van der Waals surface area contributed by atoms with Gasteiger partial charge in [-0.1, -0.05) is 25.1 Å². The first-order valence-corrected chi connectivity index (χ1v) is 8.64. The summed E-state index contributed by atoms with van der Waals surface area (Å²) in [5.41, 5.74) is 0.390. The summed E-state index contributed by atoms with van der Waals surface area (Å²) >= 11 is 0. The predicted molar refractivity (Wildman–Crippen MR) is 94.9 cm³/mol. The Morgan fingerprint density at radius 3 is 2.58 bits per heavy atom. The fraction of sp³-hybridized carbons (Fsp3) is 0.526. The number of nitrogens with one attached hydrogen (secondary N) is 1. The molecule has 5 heteroatoms. The maximum atomic E-state index is 12.6. The Hall–Kier alpha value is -2.17. The van der Waals surface area contributed by atoms with Crippen LogP contribution in [0.5, 0.6) is 0 Å². The number of nitrogens with zero attached hydrogens (tertiary/aromatic N) is 2. The van der Waals surface area contributed by atoms with Crippen LogP contribution in [0.1, 0.15) is 45.2 Å². The van der Waals surface area contributed by atoms with Crippen molar-refractivity contribution in [3.8, 4) is 0 Å². The molecule has 0 bridgehead atoms. The predicted octanol–water partition coefficient (Wildman–Crippen LogP) is 2.56. The van der Waals surface area contributed by atoms with Gasteiger partial charge in [-0.2, -0.15) is 5.10 Å². The quantitative estimate of drug-likeness (QED) is 0.942. The molecule has 1 fully saturated rings. The second-order valence-electron chi connectivity index (χ2n) is 7.39. The molecule has 0 atom stereocenters. The molecule has 0 saturated heterocycles. The Morgan fingerprint density at radius 2 is 1.92 bits per heavy atom. The Kier molecular flexibility index (Phi) is 4.43. The SMILES string of the molecule is CC1CCC(C)(NC(=O)Cc2nn(C)c(=O)c3ccccc23)CC1. The lowest BCUT2D eigenvalue weighted by molar-refractivity contribution is -0.122. The molecule has 1 aromatic heterocycles. The Balaban J connectivity index is 1.81. The molecule has 2 aromatic rings. The van der Waals surface area contributed by atoms with Gasteiger partial charge in [-0.3, -0.25) is 9.59 Å². The third-order valence-electron chi connectivity index (χ3n) is 5.18. The van der Waals surface area contributed by atoms with Crippen molar-refractivity contribution in [2.75, 3.05) is 0 Å². The molecule has 1 aromatic carbocycles. The molecule has 1 aliphatic rings. The molecule has 0 unspecified atom stereocenters. The molecule has 1 aliphatic carbocycles. The Labute approximate surface area is 142 Å². The van der Waals surface area contributed by atoms with Crippen LogP contribution in [0.4, 0.5) is 0 Å². The van der Waals surface area contributed by atoms with Gasteiger partial charge >= 0.3 is 0 Å². The normalized spacial score (nSPS) is 24.0. The molecule has 3 rings (SSSR count). The first-order chi connectivity index (χ1) is 11.4. The zero-order valence-electron chi connectivity index (χ0n) is 14.6. The van der Waals surface area contributed by atoms with Gasteiger partial charge in [-0.15, -0.1) is 0 Å². The van der Waals surface area contributed by atoms with E-state index in [2.05, 4.69) is 24.3 Å². The van der Waals surface area contributed by atoms with Crippen molar-refractivity contribution in [2.45, 2.75) is 51.5 Å². The van der Waals surface area contributed by atoms with E-state index in [1.807, 2.05) is 18.2 Å². The smallest absolute Gasteiger partial charge is 0.274 e. The van der Waals surface area contributed by atoms with Gasteiger partial charge in [-0.05, 0) is 44.6 Å². The molecule has 24 heavy (non-hydrogen) atoms. The molecular formula is C19H25N3O2. The average Bonchev–Trinajstić information content (AvgIpc) is 2.55.